The van der Waals surface area contributed by atoms with Crippen molar-refractivity contribution in [1.29, 1.82) is 5.26 Å². The Morgan fingerprint density at radius 3 is 2.86 bits per heavy atom. The molecule has 0 aliphatic rings. The minimum Gasteiger partial charge on any atom is -0.371 e. The zero-order valence-electron chi connectivity index (χ0n) is 12.1. The van der Waals surface area contributed by atoms with Gasteiger partial charge in [-0.15, -0.1) is 10.2 Å². The molecule has 0 spiro atoms. The standard InChI is InChI=1S/C15H17N5O/c1-3-8-17-15(21)10(2)18-14-11-6-4-5-7-12(11)19-20-13(14)9-16/h4-7,10H,3,8H2,1-2H3,(H,17,21)(H,18,19). The SMILES string of the molecule is CCCNC(=O)C(C)Nc1c(C#N)nnc2ccccc12. The van der Waals surface area contributed by atoms with E-state index in [0.717, 1.165) is 11.8 Å². The van der Waals surface area contributed by atoms with Gasteiger partial charge in [0.15, 0.2) is 5.69 Å². The van der Waals surface area contributed by atoms with Crippen molar-refractivity contribution in [3.8, 4) is 6.07 Å². The molecule has 21 heavy (non-hydrogen) atoms. The molecule has 1 aromatic heterocycles. The van der Waals surface area contributed by atoms with E-state index >= 15 is 0 Å². The molecular formula is C15H17N5O. The Balaban J connectivity index is 2.32. The molecule has 6 nitrogen and oxygen atoms in total. The summed E-state index contributed by atoms with van der Waals surface area (Å²) in [5, 5.41) is 23.7. The molecular weight excluding hydrogens is 266 g/mol. The summed E-state index contributed by atoms with van der Waals surface area (Å²) in [4.78, 5) is 11.9. The highest BCUT2D eigenvalue weighted by atomic mass is 16.2. The van der Waals surface area contributed by atoms with Gasteiger partial charge in [0, 0.05) is 11.9 Å². The van der Waals surface area contributed by atoms with Crippen LogP contribution in [0.4, 0.5) is 5.69 Å². The van der Waals surface area contributed by atoms with Gasteiger partial charge in [-0.3, -0.25) is 4.79 Å². The first-order valence-electron chi connectivity index (χ1n) is 6.87. The maximum Gasteiger partial charge on any atom is 0.242 e. The number of nitrogens with zero attached hydrogens (tertiary/aromatic N) is 3. The van der Waals surface area contributed by atoms with Gasteiger partial charge in [0.25, 0.3) is 0 Å². The number of fused-ring (bicyclic) bond motifs is 1. The molecule has 0 fully saturated rings. The van der Waals surface area contributed by atoms with Crippen LogP contribution in [0.25, 0.3) is 10.9 Å². The molecule has 0 radical (unpaired) electrons. The Morgan fingerprint density at radius 2 is 2.14 bits per heavy atom. The summed E-state index contributed by atoms with van der Waals surface area (Å²) in [5.74, 6) is -0.110. The molecule has 1 aromatic carbocycles. The second-order valence-corrected chi connectivity index (χ2v) is 4.71. The quantitative estimate of drug-likeness (QED) is 0.873. The lowest BCUT2D eigenvalue weighted by Crippen LogP contribution is -2.38. The molecule has 1 atom stereocenters. The molecule has 0 bridgehead atoms. The normalized spacial score (nSPS) is 11.7. The van der Waals surface area contributed by atoms with E-state index in [4.69, 9.17) is 0 Å². The number of hydrogen-bond acceptors (Lipinski definition) is 5. The number of nitrogens with one attached hydrogen (secondary N) is 2. The summed E-state index contributed by atoms with van der Waals surface area (Å²) < 4.78 is 0. The van der Waals surface area contributed by atoms with Crippen molar-refractivity contribution in [3.05, 3.63) is 30.0 Å². The van der Waals surface area contributed by atoms with Gasteiger partial charge >= 0.3 is 0 Å². The second kappa shape index (κ2) is 6.66. The van der Waals surface area contributed by atoms with Gasteiger partial charge < -0.3 is 10.6 Å². The fourth-order valence-corrected chi connectivity index (χ4v) is 1.96. The maximum atomic E-state index is 11.9. The van der Waals surface area contributed by atoms with E-state index < -0.39 is 6.04 Å². The minimum absolute atomic E-state index is 0.110. The first-order chi connectivity index (χ1) is 10.2. The fraction of sp³-hybridized carbons (Fsp3) is 0.333. The Morgan fingerprint density at radius 1 is 1.38 bits per heavy atom. The van der Waals surface area contributed by atoms with Crippen molar-refractivity contribution in [2.45, 2.75) is 26.3 Å². The number of hydrogen-bond donors (Lipinski definition) is 2. The zero-order chi connectivity index (χ0) is 15.2. The van der Waals surface area contributed by atoms with E-state index in [-0.39, 0.29) is 11.6 Å². The van der Waals surface area contributed by atoms with Crippen molar-refractivity contribution in [1.82, 2.24) is 15.5 Å². The van der Waals surface area contributed by atoms with Crippen LogP contribution in [0.1, 0.15) is 26.0 Å². The van der Waals surface area contributed by atoms with E-state index in [2.05, 4.69) is 20.8 Å². The highest BCUT2D eigenvalue weighted by Gasteiger charge is 2.17. The molecule has 1 amide bonds. The molecule has 0 aliphatic carbocycles. The highest BCUT2D eigenvalue weighted by molar-refractivity contribution is 5.95. The molecule has 0 aliphatic heterocycles. The summed E-state index contributed by atoms with van der Waals surface area (Å²) in [5.41, 5.74) is 1.41. The van der Waals surface area contributed by atoms with Crippen LogP contribution in [0.3, 0.4) is 0 Å². The highest BCUT2D eigenvalue weighted by Crippen LogP contribution is 2.24. The van der Waals surface area contributed by atoms with Crippen molar-refractivity contribution in [3.63, 3.8) is 0 Å². The zero-order valence-corrected chi connectivity index (χ0v) is 12.1. The molecule has 0 saturated carbocycles. The summed E-state index contributed by atoms with van der Waals surface area (Å²) in [7, 11) is 0. The van der Waals surface area contributed by atoms with Crippen LogP contribution in [0.15, 0.2) is 24.3 Å². The van der Waals surface area contributed by atoms with E-state index in [1.165, 1.54) is 0 Å². The molecule has 2 N–H and O–H groups in total. The van der Waals surface area contributed by atoms with Gasteiger partial charge in [0.05, 0.1) is 11.2 Å². The number of benzene rings is 1. The van der Waals surface area contributed by atoms with Crippen LogP contribution in [0.5, 0.6) is 0 Å². The topological polar surface area (TPSA) is 90.7 Å². The van der Waals surface area contributed by atoms with Crippen molar-refractivity contribution in [2.75, 3.05) is 11.9 Å². The minimum atomic E-state index is -0.462. The van der Waals surface area contributed by atoms with Crippen molar-refractivity contribution < 1.29 is 4.79 Å². The number of rotatable bonds is 5. The summed E-state index contributed by atoms with van der Waals surface area (Å²) >= 11 is 0. The smallest absolute Gasteiger partial charge is 0.242 e. The predicted octanol–water partition coefficient (Wildman–Crippen LogP) is 1.83. The van der Waals surface area contributed by atoms with Crippen LogP contribution < -0.4 is 10.6 Å². The molecule has 0 saturated heterocycles. The molecule has 1 heterocycles. The van der Waals surface area contributed by atoms with Crippen molar-refractivity contribution >= 4 is 22.5 Å². The number of amides is 1. The van der Waals surface area contributed by atoms with E-state index in [9.17, 15) is 10.1 Å². The van der Waals surface area contributed by atoms with Crippen LogP contribution in [-0.2, 0) is 4.79 Å². The molecule has 1 unspecified atom stereocenters. The van der Waals surface area contributed by atoms with Gasteiger partial charge in [-0.25, -0.2) is 0 Å². The number of carbonyl (C=O) groups is 1. The maximum absolute atomic E-state index is 11.9. The largest absolute Gasteiger partial charge is 0.371 e. The first kappa shape index (κ1) is 14.7. The Bertz CT molecular complexity index is 692. The van der Waals surface area contributed by atoms with Gasteiger partial charge in [0.2, 0.25) is 5.91 Å². The summed E-state index contributed by atoms with van der Waals surface area (Å²) in [6, 6.07) is 8.92. The molecule has 108 valence electrons. The van der Waals surface area contributed by atoms with Crippen molar-refractivity contribution in [2.24, 2.45) is 0 Å². The Kier molecular flexibility index (Phi) is 4.67. The lowest BCUT2D eigenvalue weighted by molar-refractivity contribution is -0.121. The average molecular weight is 283 g/mol. The number of anilines is 1. The van der Waals surface area contributed by atoms with Gasteiger partial charge in [-0.05, 0) is 19.4 Å². The van der Waals surface area contributed by atoms with E-state index in [1.54, 1.807) is 6.92 Å². The van der Waals surface area contributed by atoms with Gasteiger partial charge in [-0.1, -0.05) is 25.1 Å². The Hall–Kier alpha value is -2.68. The third-order valence-electron chi connectivity index (χ3n) is 3.08. The van der Waals surface area contributed by atoms with Crippen LogP contribution in [0, 0.1) is 11.3 Å². The number of aromatic nitrogens is 2. The van der Waals surface area contributed by atoms with Gasteiger partial charge in [-0.2, -0.15) is 5.26 Å². The van der Waals surface area contributed by atoms with Crippen LogP contribution >= 0.6 is 0 Å². The third-order valence-corrected chi connectivity index (χ3v) is 3.08. The Labute approximate surface area is 123 Å². The third kappa shape index (κ3) is 3.26. The van der Waals surface area contributed by atoms with Crippen LogP contribution in [-0.4, -0.2) is 28.7 Å². The van der Waals surface area contributed by atoms with E-state index in [1.807, 2.05) is 37.3 Å². The predicted molar refractivity (Wildman–Crippen MR) is 80.6 cm³/mol. The summed E-state index contributed by atoms with van der Waals surface area (Å²) in [6.07, 6.45) is 0.877. The first-order valence-corrected chi connectivity index (χ1v) is 6.87. The fourth-order valence-electron chi connectivity index (χ4n) is 1.96. The monoisotopic (exact) mass is 283 g/mol. The van der Waals surface area contributed by atoms with Crippen LogP contribution in [0.2, 0.25) is 0 Å². The lowest BCUT2D eigenvalue weighted by Gasteiger charge is -2.16. The number of carbonyl (C=O) groups excluding carboxylic acids is 1. The van der Waals surface area contributed by atoms with E-state index in [0.29, 0.717) is 17.7 Å². The molecule has 2 rings (SSSR count). The van der Waals surface area contributed by atoms with Gasteiger partial charge in [0.1, 0.15) is 12.1 Å². The average Bonchev–Trinajstić information content (AvgIpc) is 2.52. The second-order valence-electron chi connectivity index (χ2n) is 4.71. The lowest BCUT2D eigenvalue weighted by atomic mass is 10.1. The molecule has 6 heteroatoms. The number of nitriles is 1. The summed E-state index contributed by atoms with van der Waals surface area (Å²) in [6.45, 7) is 4.37. The molecule has 2 aromatic rings.